The third-order valence-electron chi connectivity index (χ3n) is 11.1. The highest BCUT2D eigenvalue weighted by atomic mass is 14.4. The van der Waals surface area contributed by atoms with Crippen LogP contribution in [0.15, 0.2) is 132 Å². The summed E-state index contributed by atoms with van der Waals surface area (Å²) in [5, 5.41) is 0. The van der Waals surface area contributed by atoms with Crippen molar-refractivity contribution < 1.29 is 0 Å². The maximum atomic E-state index is 3.87. The minimum atomic E-state index is -0.0598. The highest BCUT2D eigenvalue weighted by Gasteiger charge is 2.40. The van der Waals surface area contributed by atoms with Crippen LogP contribution in [0.1, 0.15) is 139 Å². The van der Waals surface area contributed by atoms with E-state index in [0.29, 0.717) is 0 Å². The minimum Gasteiger partial charge on any atom is -0.0622 e. The molecule has 0 bridgehead atoms. The van der Waals surface area contributed by atoms with E-state index in [4.69, 9.17) is 0 Å². The van der Waals surface area contributed by atoms with Gasteiger partial charge in [-0.25, -0.2) is 0 Å². The van der Waals surface area contributed by atoms with Gasteiger partial charge in [0.2, 0.25) is 0 Å². The molecule has 0 saturated heterocycles. The van der Waals surface area contributed by atoms with Crippen molar-refractivity contribution in [1.82, 2.24) is 0 Å². The fourth-order valence-electron chi connectivity index (χ4n) is 7.62. The number of hydrogen-bond donors (Lipinski definition) is 0. The van der Waals surface area contributed by atoms with Crippen molar-refractivity contribution in [2.24, 2.45) is 0 Å². The zero-order valence-electron chi connectivity index (χ0n) is 35.5. The molecule has 0 saturated carbocycles. The van der Waals surface area contributed by atoms with Crippen LogP contribution in [-0.4, -0.2) is 0 Å². The quantitative estimate of drug-likeness (QED) is 0.159. The van der Waals surface area contributed by atoms with Gasteiger partial charge in [0.15, 0.2) is 0 Å². The van der Waals surface area contributed by atoms with Crippen molar-refractivity contribution in [3.63, 3.8) is 0 Å². The molecule has 7 rings (SSSR count). The number of fused-ring (bicyclic) bond motifs is 3. The second kappa shape index (κ2) is 14.2. The summed E-state index contributed by atoms with van der Waals surface area (Å²) in [6.07, 6.45) is 0. The third-order valence-corrected chi connectivity index (χ3v) is 11.1. The van der Waals surface area contributed by atoms with Gasteiger partial charge in [-0.05, 0) is 90.4 Å². The molecule has 0 N–H and O–H groups in total. The molecule has 0 atom stereocenters. The monoisotopic (exact) mass is 728 g/mol. The maximum absolute atomic E-state index is 3.87. The fourth-order valence-corrected chi connectivity index (χ4v) is 7.62. The van der Waals surface area contributed by atoms with Crippen LogP contribution in [0.25, 0.3) is 22.3 Å². The van der Waals surface area contributed by atoms with E-state index >= 15 is 0 Å². The largest absolute Gasteiger partial charge is 0.0622 e. The summed E-state index contributed by atoms with van der Waals surface area (Å²) in [5.41, 5.74) is 18.7. The molecule has 56 heavy (non-hydrogen) atoms. The highest BCUT2D eigenvalue weighted by Crippen LogP contribution is 2.58. The lowest BCUT2D eigenvalue weighted by Crippen LogP contribution is -2.17. The normalized spacial score (nSPS) is 14.3. The molecule has 0 amide bonds. The molecule has 0 nitrogen and oxygen atoms in total. The molecule has 2 aliphatic rings. The second-order valence-electron chi connectivity index (χ2n) is 19.6. The summed E-state index contributed by atoms with van der Waals surface area (Å²) in [5.74, 6) is 14.9. The molecular weight excluding hydrogens is 673 g/mol. The van der Waals surface area contributed by atoms with Crippen molar-refractivity contribution in [3.8, 4) is 23.7 Å². The predicted octanol–water partition coefficient (Wildman–Crippen LogP) is 14.1. The number of allylic oxidation sites excluding steroid dienone is 6. The van der Waals surface area contributed by atoms with Gasteiger partial charge in [-0.3, -0.25) is 0 Å². The molecule has 5 aromatic carbocycles. The summed E-state index contributed by atoms with van der Waals surface area (Å²) in [7, 11) is 0. The topological polar surface area (TPSA) is 0 Å². The number of hydrogen-bond acceptors (Lipinski definition) is 0. The fraction of sp³-hybridized carbons (Fsp3) is 0.286. The summed E-state index contributed by atoms with van der Waals surface area (Å²) >= 11 is 0. The van der Waals surface area contributed by atoms with Gasteiger partial charge in [0, 0.05) is 44.6 Å². The Morgan fingerprint density at radius 1 is 0.304 bits per heavy atom. The van der Waals surface area contributed by atoms with E-state index in [1.54, 1.807) is 0 Å². The zero-order valence-corrected chi connectivity index (χ0v) is 35.5. The van der Waals surface area contributed by atoms with Gasteiger partial charge < -0.3 is 0 Å². The highest BCUT2D eigenvalue weighted by molar-refractivity contribution is 6.30. The van der Waals surface area contributed by atoms with Crippen LogP contribution in [0.4, 0.5) is 0 Å². The van der Waals surface area contributed by atoms with Crippen molar-refractivity contribution >= 4 is 22.3 Å². The van der Waals surface area contributed by atoms with Gasteiger partial charge in [-0.15, -0.1) is 0 Å². The molecule has 280 valence electrons. The van der Waals surface area contributed by atoms with Crippen molar-refractivity contribution in [2.75, 3.05) is 0 Å². The van der Waals surface area contributed by atoms with E-state index < -0.39 is 0 Å². The van der Waals surface area contributed by atoms with Crippen LogP contribution in [0.3, 0.4) is 0 Å². The van der Waals surface area contributed by atoms with Gasteiger partial charge in [-0.2, -0.15) is 0 Å². The van der Waals surface area contributed by atoms with E-state index in [2.05, 4.69) is 222 Å². The molecule has 0 spiro atoms. The average molecular weight is 729 g/mol. The van der Waals surface area contributed by atoms with Crippen LogP contribution in [-0.2, 0) is 21.7 Å². The van der Waals surface area contributed by atoms with E-state index in [0.717, 1.165) is 22.3 Å². The Labute approximate surface area is 337 Å². The molecule has 5 aromatic rings. The summed E-state index contributed by atoms with van der Waals surface area (Å²) < 4.78 is 0. The van der Waals surface area contributed by atoms with Crippen LogP contribution in [0.2, 0.25) is 0 Å². The summed E-state index contributed by atoms with van der Waals surface area (Å²) in [6, 6.07) is 44.2. The molecule has 0 unspecified atom stereocenters. The third kappa shape index (κ3) is 7.64. The van der Waals surface area contributed by atoms with Gasteiger partial charge in [0.25, 0.3) is 0 Å². The Hall–Kier alpha value is -5.56. The Morgan fingerprint density at radius 3 is 1.07 bits per heavy atom. The van der Waals surface area contributed by atoms with Crippen molar-refractivity contribution in [2.45, 2.75) is 105 Å². The lowest BCUT2D eigenvalue weighted by Gasteiger charge is -2.27. The van der Waals surface area contributed by atoms with Crippen molar-refractivity contribution in [3.05, 3.63) is 188 Å². The molecule has 2 aliphatic carbocycles. The first-order valence-electron chi connectivity index (χ1n) is 20.1. The summed E-state index contributed by atoms with van der Waals surface area (Å²) in [4.78, 5) is 0. The molecule has 0 aromatic heterocycles. The molecule has 0 aliphatic heterocycles. The predicted molar refractivity (Wildman–Crippen MR) is 241 cm³/mol. The molecule has 0 heteroatoms. The molecular formula is C56H56. The zero-order chi connectivity index (χ0) is 40.2. The van der Waals surface area contributed by atoms with E-state index in [1.165, 1.54) is 66.8 Å². The smallest absolute Gasteiger partial charge is 0.0419 e. The lowest BCUT2D eigenvalue weighted by molar-refractivity contribution is 0.567. The van der Waals surface area contributed by atoms with Crippen LogP contribution in [0, 0.1) is 23.7 Å². The van der Waals surface area contributed by atoms with Crippen LogP contribution < -0.4 is 0 Å². The minimum absolute atomic E-state index is 0.0521. The van der Waals surface area contributed by atoms with E-state index in [9.17, 15) is 0 Å². The SMILES string of the molecule is CC(C)(C)c1cc(C2=C(C#Cc3ccccc3)C(c3cc(C(C)(C)C)cc(C(C)(C)C)c3)=C3C2=C(C#Cc2ccccc2)c2ccccc23)cc(C(C)(C)C)c1. The Kier molecular flexibility index (Phi) is 9.80. The number of benzene rings is 5. The summed E-state index contributed by atoms with van der Waals surface area (Å²) in [6.45, 7) is 27.8. The maximum Gasteiger partial charge on any atom is 0.0419 e. The number of rotatable bonds is 2. The van der Waals surface area contributed by atoms with Crippen LogP contribution in [0.5, 0.6) is 0 Å². The second-order valence-corrected chi connectivity index (χ2v) is 19.6. The van der Waals surface area contributed by atoms with E-state index in [1.807, 2.05) is 6.07 Å². The van der Waals surface area contributed by atoms with E-state index in [-0.39, 0.29) is 21.7 Å². The van der Waals surface area contributed by atoms with Gasteiger partial charge in [-0.1, -0.05) is 204 Å². The first kappa shape index (κ1) is 38.7. The standard InChI is InChI=1S/C56H56/c1-53(2,3)41-31-39(32-42(35-41)54(4,5)6)49-48(30-28-38-23-17-14-18-24-38)50(40-33-43(55(7,8)9)36-44(34-40)56(10,11)12)52-47(29-27-37-21-15-13-16-22-37)45-25-19-20-26-46(45)51(49)52/h13-26,31-36H,1-12H3. The van der Waals surface area contributed by atoms with Gasteiger partial charge in [0.1, 0.15) is 0 Å². The Bertz CT molecular complexity index is 2500. The molecule has 0 radical (unpaired) electrons. The molecule has 0 fully saturated rings. The Balaban J connectivity index is 1.70. The first-order valence-corrected chi connectivity index (χ1v) is 20.1. The lowest BCUT2D eigenvalue weighted by atomic mass is 9.77. The van der Waals surface area contributed by atoms with Crippen LogP contribution >= 0.6 is 0 Å². The van der Waals surface area contributed by atoms with Gasteiger partial charge in [0.05, 0.1) is 0 Å². The average Bonchev–Trinajstić information content (AvgIpc) is 3.64. The first-order chi connectivity index (χ1) is 26.3. The molecule has 0 heterocycles. The Morgan fingerprint density at radius 2 is 0.661 bits per heavy atom. The van der Waals surface area contributed by atoms with Crippen molar-refractivity contribution in [1.29, 1.82) is 0 Å². The van der Waals surface area contributed by atoms with Gasteiger partial charge >= 0.3 is 0 Å².